The third-order valence-corrected chi connectivity index (χ3v) is 4.04. The van der Waals surface area contributed by atoms with E-state index in [1.807, 2.05) is 0 Å². The summed E-state index contributed by atoms with van der Waals surface area (Å²) in [5.41, 5.74) is 0. The van der Waals surface area contributed by atoms with Crippen LogP contribution in [0.2, 0.25) is 10.0 Å². The van der Waals surface area contributed by atoms with E-state index in [1.54, 1.807) is 18.2 Å². The van der Waals surface area contributed by atoms with Gasteiger partial charge in [0.15, 0.2) is 0 Å². The molecule has 1 aromatic carbocycles. The zero-order chi connectivity index (χ0) is 13.9. The van der Waals surface area contributed by atoms with E-state index in [0.29, 0.717) is 22.4 Å². The smallest absolute Gasteiger partial charge is 0.139 e. The molecule has 19 heavy (non-hydrogen) atoms. The molecule has 0 saturated heterocycles. The second-order valence-corrected chi connectivity index (χ2v) is 6.22. The second-order valence-electron chi connectivity index (χ2n) is 4.59. The molecule has 0 atom stereocenters. The van der Waals surface area contributed by atoms with E-state index in [0.717, 1.165) is 11.8 Å². The number of halogens is 3. The first kappa shape index (κ1) is 17.1. The van der Waals surface area contributed by atoms with Gasteiger partial charge in [0, 0.05) is 16.4 Å². The van der Waals surface area contributed by atoms with Crippen LogP contribution < -0.4 is 4.74 Å². The first-order valence-corrected chi connectivity index (χ1v) is 8.75. The number of benzene rings is 1. The molecule has 0 fully saturated rings. The van der Waals surface area contributed by atoms with Crippen molar-refractivity contribution in [1.82, 2.24) is 0 Å². The summed E-state index contributed by atoms with van der Waals surface area (Å²) in [5.74, 6) is 0.687. The molecule has 108 valence electrons. The van der Waals surface area contributed by atoms with Gasteiger partial charge in [-0.3, -0.25) is 0 Å². The first-order chi connectivity index (χ1) is 9.24. The summed E-state index contributed by atoms with van der Waals surface area (Å²) in [4.78, 5) is 0. The minimum Gasteiger partial charge on any atom is -0.492 e. The Kier molecular flexibility index (Phi) is 9.76. The molecule has 0 unspecified atom stereocenters. The van der Waals surface area contributed by atoms with Gasteiger partial charge in [-0.25, -0.2) is 0 Å². The number of hydrogen-bond acceptors (Lipinski definition) is 1. The summed E-state index contributed by atoms with van der Waals surface area (Å²) < 4.78 is 5.64. The normalized spacial score (nSPS) is 10.7. The summed E-state index contributed by atoms with van der Waals surface area (Å²) in [6, 6.07) is 5.30. The van der Waals surface area contributed by atoms with Crippen molar-refractivity contribution < 1.29 is 4.74 Å². The minimum absolute atomic E-state index is 0.624. The highest BCUT2D eigenvalue weighted by molar-refractivity contribution is 9.09. The van der Waals surface area contributed by atoms with E-state index in [2.05, 4.69) is 15.9 Å². The molecule has 1 aromatic rings. The highest BCUT2D eigenvalue weighted by atomic mass is 79.9. The van der Waals surface area contributed by atoms with Crippen molar-refractivity contribution >= 4 is 39.1 Å². The van der Waals surface area contributed by atoms with E-state index in [1.165, 1.54) is 38.5 Å². The van der Waals surface area contributed by atoms with Gasteiger partial charge in [-0.1, -0.05) is 71.2 Å². The summed E-state index contributed by atoms with van der Waals surface area (Å²) in [5, 5.41) is 2.41. The van der Waals surface area contributed by atoms with Crippen molar-refractivity contribution in [2.24, 2.45) is 0 Å². The molecule has 0 N–H and O–H groups in total. The summed E-state index contributed by atoms with van der Waals surface area (Å²) in [7, 11) is 0. The number of unbranched alkanes of at least 4 members (excludes halogenated alkanes) is 6. The van der Waals surface area contributed by atoms with E-state index < -0.39 is 0 Å². The Balaban J connectivity index is 2.03. The molecule has 0 spiro atoms. The lowest BCUT2D eigenvalue weighted by Gasteiger charge is -2.08. The lowest BCUT2D eigenvalue weighted by molar-refractivity contribution is 0.304. The van der Waals surface area contributed by atoms with Gasteiger partial charge >= 0.3 is 0 Å². The predicted octanol–water partition coefficient (Wildman–Crippen LogP) is 6.50. The van der Waals surface area contributed by atoms with Gasteiger partial charge in [0.25, 0.3) is 0 Å². The Morgan fingerprint density at radius 2 is 1.53 bits per heavy atom. The van der Waals surface area contributed by atoms with Crippen LogP contribution in [0.3, 0.4) is 0 Å². The zero-order valence-corrected chi connectivity index (χ0v) is 14.2. The maximum Gasteiger partial charge on any atom is 0.139 e. The van der Waals surface area contributed by atoms with Crippen LogP contribution in [-0.2, 0) is 0 Å². The standard InChI is InChI=1S/C15H21BrCl2O/c16-10-6-4-2-1-3-5-7-11-19-15-12-13(17)8-9-14(15)18/h8-9,12H,1-7,10-11H2. The average molecular weight is 368 g/mol. The molecule has 0 amide bonds. The van der Waals surface area contributed by atoms with Crippen molar-refractivity contribution in [2.45, 2.75) is 44.9 Å². The maximum absolute atomic E-state index is 6.02. The Bertz CT molecular complexity index is 358. The molecule has 0 heterocycles. The molecule has 0 aliphatic rings. The quantitative estimate of drug-likeness (QED) is 0.338. The lowest BCUT2D eigenvalue weighted by Crippen LogP contribution is -1.97. The maximum atomic E-state index is 6.02. The summed E-state index contributed by atoms with van der Waals surface area (Å²) >= 11 is 15.4. The largest absolute Gasteiger partial charge is 0.492 e. The number of rotatable bonds is 10. The molecule has 0 aliphatic heterocycles. The molecule has 0 bridgehead atoms. The monoisotopic (exact) mass is 366 g/mol. The van der Waals surface area contributed by atoms with Crippen molar-refractivity contribution in [3.63, 3.8) is 0 Å². The second kappa shape index (κ2) is 10.8. The molecule has 0 saturated carbocycles. The molecule has 0 aromatic heterocycles. The van der Waals surface area contributed by atoms with Crippen molar-refractivity contribution in [2.75, 3.05) is 11.9 Å². The van der Waals surface area contributed by atoms with E-state index in [9.17, 15) is 0 Å². The topological polar surface area (TPSA) is 9.23 Å². The van der Waals surface area contributed by atoms with Gasteiger partial charge in [-0.15, -0.1) is 0 Å². The lowest BCUT2D eigenvalue weighted by atomic mass is 10.1. The van der Waals surface area contributed by atoms with Gasteiger partial charge in [0.05, 0.1) is 11.6 Å². The van der Waals surface area contributed by atoms with Gasteiger partial charge in [-0.05, 0) is 25.0 Å². The predicted molar refractivity (Wildman–Crippen MR) is 88.1 cm³/mol. The van der Waals surface area contributed by atoms with Crippen molar-refractivity contribution in [3.8, 4) is 5.75 Å². The highest BCUT2D eigenvalue weighted by Gasteiger charge is 2.02. The van der Waals surface area contributed by atoms with Gasteiger partial charge in [0.2, 0.25) is 0 Å². The van der Waals surface area contributed by atoms with Crippen LogP contribution in [0, 0.1) is 0 Å². The Morgan fingerprint density at radius 3 is 2.21 bits per heavy atom. The first-order valence-electron chi connectivity index (χ1n) is 6.88. The van der Waals surface area contributed by atoms with Gasteiger partial charge in [-0.2, -0.15) is 0 Å². The van der Waals surface area contributed by atoms with E-state index in [-0.39, 0.29) is 0 Å². The Hall–Kier alpha value is 0.0800. The fourth-order valence-electron chi connectivity index (χ4n) is 1.85. The molecule has 0 radical (unpaired) electrons. The van der Waals surface area contributed by atoms with Gasteiger partial charge in [0.1, 0.15) is 5.75 Å². The third kappa shape index (κ3) is 8.06. The Morgan fingerprint density at radius 1 is 0.895 bits per heavy atom. The Labute approximate surface area is 134 Å². The van der Waals surface area contributed by atoms with Crippen LogP contribution in [0.25, 0.3) is 0 Å². The molecule has 0 aliphatic carbocycles. The van der Waals surface area contributed by atoms with Crippen molar-refractivity contribution in [1.29, 1.82) is 0 Å². The highest BCUT2D eigenvalue weighted by Crippen LogP contribution is 2.27. The number of alkyl halides is 1. The number of ether oxygens (including phenoxy) is 1. The van der Waals surface area contributed by atoms with Crippen LogP contribution in [0.4, 0.5) is 0 Å². The molecule has 1 nitrogen and oxygen atoms in total. The molecule has 1 rings (SSSR count). The number of hydrogen-bond donors (Lipinski definition) is 0. The summed E-state index contributed by atoms with van der Waals surface area (Å²) in [6.07, 6.45) is 8.86. The van der Waals surface area contributed by atoms with Crippen LogP contribution >= 0.6 is 39.1 Å². The molecule has 4 heteroatoms. The van der Waals surface area contributed by atoms with Crippen LogP contribution in [0.5, 0.6) is 5.75 Å². The minimum atomic E-state index is 0.624. The van der Waals surface area contributed by atoms with E-state index >= 15 is 0 Å². The summed E-state index contributed by atoms with van der Waals surface area (Å²) in [6.45, 7) is 0.710. The SMILES string of the molecule is Clc1ccc(Cl)c(OCCCCCCCCCBr)c1. The van der Waals surface area contributed by atoms with Crippen molar-refractivity contribution in [3.05, 3.63) is 28.2 Å². The fourth-order valence-corrected chi connectivity index (χ4v) is 2.58. The average Bonchev–Trinajstić information content (AvgIpc) is 2.40. The van der Waals surface area contributed by atoms with E-state index in [4.69, 9.17) is 27.9 Å². The van der Waals surface area contributed by atoms with Crippen LogP contribution in [0.1, 0.15) is 44.9 Å². The molecular formula is C15H21BrCl2O. The third-order valence-electron chi connectivity index (χ3n) is 2.93. The fraction of sp³-hybridized carbons (Fsp3) is 0.600. The van der Waals surface area contributed by atoms with Crippen LogP contribution in [0.15, 0.2) is 18.2 Å². The van der Waals surface area contributed by atoms with Crippen LogP contribution in [-0.4, -0.2) is 11.9 Å². The zero-order valence-electron chi connectivity index (χ0n) is 11.1. The van der Waals surface area contributed by atoms with Gasteiger partial charge < -0.3 is 4.74 Å². The molecular weight excluding hydrogens is 347 g/mol.